The molecule has 0 spiro atoms. The van der Waals surface area contributed by atoms with E-state index in [4.69, 9.17) is 0 Å². The zero-order valence-electron chi connectivity index (χ0n) is 8.06. The molecule has 0 aromatic heterocycles. The Morgan fingerprint density at radius 1 is 1.43 bits per heavy atom. The van der Waals surface area contributed by atoms with Gasteiger partial charge in [0.1, 0.15) is 5.82 Å². The SMILES string of the molecule is CC(Nc1cc(F)cc(Br)c1)C1CC1. The molecule has 1 saturated carbocycles. The Balaban J connectivity index is 2.07. The topological polar surface area (TPSA) is 12.0 Å². The van der Waals surface area contributed by atoms with Crippen molar-refractivity contribution >= 4 is 21.6 Å². The number of benzene rings is 1. The van der Waals surface area contributed by atoms with Gasteiger partial charge in [-0.3, -0.25) is 0 Å². The van der Waals surface area contributed by atoms with Gasteiger partial charge in [0.15, 0.2) is 0 Å². The van der Waals surface area contributed by atoms with Crippen molar-refractivity contribution in [3.05, 3.63) is 28.5 Å². The first-order valence-electron chi connectivity index (χ1n) is 4.88. The highest BCUT2D eigenvalue weighted by atomic mass is 79.9. The first-order valence-corrected chi connectivity index (χ1v) is 5.67. The van der Waals surface area contributed by atoms with E-state index in [1.165, 1.54) is 25.0 Å². The molecule has 1 unspecified atom stereocenters. The van der Waals surface area contributed by atoms with E-state index in [1.807, 2.05) is 6.07 Å². The van der Waals surface area contributed by atoms with Gasteiger partial charge in [-0.15, -0.1) is 0 Å². The van der Waals surface area contributed by atoms with Crippen LogP contribution in [0.3, 0.4) is 0 Å². The van der Waals surface area contributed by atoms with Crippen LogP contribution >= 0.6 is 15.9 Å². The van der Waals surface area contributed by atoms with Crippen LogP contribution in [0.15, 0.2) is 22.7 Å². The average Bonchev–Trinajstić information content (AvgIpc) is 2.82. The summed E-state index contributed by atoms with van der Waals surface area (Å²) in [4.78, 5) is 0. The summed E-state index contributed by atoms with van der Waals surface area (Å²) in [6.45, 7) is 2.15. The molecule has 0 aliphatic heterocycles. The third-order valence-corrected chi connectivity index (χ3v) is 3.04. The Morgan fingerprint density at radius 2 is 2.14 bits per heavy atom. The lowest BCUT2D eigenvalue weighted by atomic mass is 10.2. The molecule has 1 aromatic rings. The minimum atomic E-state index is -0.204. The lowest BCUT2D eigenvalue weighted by Crippen LogP contribution is -2.17. The molecular weight excluding hydrogens is 245 g/mol. The van der Waals surface area contributed by atoms with Crippen LogP contribution in [0.1, 0.15) is 19.8 Å². The van der Waals surface area contributed by atoms with E-state index in [2.05, 4.69) is 28.2 Å². The Bertz CT molecular complexity index is 316. The number of nitrogens with one attached hydrogen (secondary N) is 1. The Labute approximate surface area is 91.8 Å². The smallest absolute Gasteiger partial charge is 0.126 e. The normalized spacial score (nSPS) is 17.9. The van der Waals surface area contributed by atoms with Crippen LogP contribution in [0, 0.1) is 11.7 Å². The number of hydrogen-bond acceptors (Lipinski definition) is 1. The van der Waals surface area contributed by atoms with Crippen molar-refractivity contribution < 1.29 is 4.39 Å². The molecule has 1 aliphatic carbocycles. The molecule has 1 N–H and O–H groups in total. The molecule has 1 atom stereocenters. The second-order valence-electron chi connectivity index (χ2n) is 3.93. The zero-order valence-corrected chi connectivity index (χ0v) is 9.64. The molecule has 1 aromatic carbocycles. The summed E-state index contributed by atoms with van der Waals surface area (Å²) in [5.41, 5.74) is 0.858. The summed E-state index contributed by atoms with van der Waals surface area (Å²) in [5.74, 6) is 0.571. The number of anilines is 1. The summed E-state index contributed by atoms with van der Waals surface area (Å²) >= 11 is 3.28. The van der Waals surface area contributed by atoms with Crippen LogP contribution in [0.2, 0.25) is 0 Å². The van der Waals surface area contributed by atoms with Crippen LogP contribution in [0.4, 0.5) is 10.1 Å². The molecule has 1 nitrogen and oxygen atoms in total. The molecule has 0 radical (unpaired) electrons. The second-order valence-corrected chi connectivity index (χ2v) is 4.84. The maximum atomic E-state index is 13.0. The van der Waals surface area contributed by atoms with E-state index in [1.54, 1.807) is 0 Å². The van der Waals surface area contributed by atoms with Gasteiger partial charge in [0.05, 0.1) is 0 Å². The first-order chi connectivity index (χ1) is 6.65. The predicted molar refractivity (Wildman–Crippen MR) is 59.9 cm³/mol. The van der Waals surface area contributed by atoms with Gasteiger partial charge in [0, 0.05) is 16.2 Å². The van der Waals surface area contributed by atoms with E-state index >= 15 is 0 Å². The fourth-order valence-electron chi connectivity index (χ4n) is 1.61. The third-order valence-electron chi connectivity index (χ3n) is 2.59. The number of halogens is 2. The largest absolute Gasteiger partial charge is 0.382 e. The highest BCUT2D eigenvalue weighted by Crippen LogP contribution is 2.34. The Morgan fingerprint density at radius 3 is 2.71 bits per heavy atom. The minimum Gasteiger partial charge on any atom is -0.382 e. The second kappa shape index (κ2) is 3.89. The van der Waals surface area contributed by atoms with E-state index in [9.17, 15) is 4.39 Å². The summed E-state index contributed by atoms with van der Waals surface area (Å²) < 4.78 is 13.8. The van der Waals surface area contributed by atoms with Gasteiger partial charge in [-0.05, 0) is 43.9 Å². The van der Waals surface area contributed by atoms with Gasteiger partial charge in [0.2, 0.25) is 0 Å². The molecular formula is C11H13BrFN. The van der Waals surface area contributed by atoms with Crippen molar-refractivity contribution in [2.45, 2.75) is 25.8 Å². The summed E-state index contributed by atoms with van der Waals surface area (Å²) in [6, 6.07) is 5.35. The van der Waals surface area contributed by atoms with Gasteiger partial charge < -0.3 is 5.32 Å². The summed E-state index contributed by atoms with van der Waals surface area (Å²) in [7, 11) is 0. The summed E-state index contributed by atoms with van der Waals surface area (Å²) in [6.07, 6.45) is 2.59. The third kappa shape index (κ3) is 2.47. The van der Waals surface area contributed by atoms with Crippen molar-refractivity contribution in [3.8, 4) is 0 Å². The molecule has 2 rings (SSSR count). The van der Waals surface area contributed by atoms with Gasteiger partial charge in [-0.25, -0.2) is 4.39 Å². The lowest BCUT2D eigenvalue weighted by molar-refractivity contribution is 0.625. The van der Waals surface area contributed by atoms with Crippen LogP contribution < -0.4 is 5.32 Å². The fourth-order valence-corrected chi connectivity index (χ4v) is 2.08. The van der Waals surface area contributed by atoms with Crippen LogP contribution in [0.5, 0.6) is 0 Å². The van der Waals surface area contributed by atoms with Crippen molar-refractivity contribution in [3.63, 3.8) is 0 Å². The Kier molecular flexibility index (Phi) is 2.77. The molecule has 0 amide bonds. The van der Waals surface area contributed by atoms with Gasteiger partial charge in [0.25, 0.3) is 0 Å². The van der Waals surface area contributed by atoms with E-state index in [-0.39, 0.29) is 5.82 Å². The van der Waals surface area contributed by atoms with Crippen molar-refractivity contribution in [2.75, 3.05) is 5.32 Å². The molecule has 1 fully saturated rings. The minimum absolute atomic E-state index is 0.204. The van der Waals surface area contributed by atoms with Crippen molar-refractivity contribution in [1.82, 2.24) is 0 Å². The highest BCUT2D eigenvalue weighted by molar-refractivity contribution is 9.10. The molecule has 0 bridgehead atoms. The van der Waals surface area contributed by atoms with Gasteiger partial charge in [-0.2, -0.15) is 0 Å². The van der Waals surface area contributed by atoms with Crippen molar-refractivity contribution in [1.29, 1.82) is 0 Å². The van der Waals surface area contributed by atoms with E-state index < -0.39 is 0 Å². The average molecular weight is 258 g/mol. The number of rotatable bonds is 3. The van der Waals surface area contributed by atoms with Crippen molar-refractivity contribution in [2.24, 2.45) is 5.92 Å². The predicted octanol–water partition coefficient (Wildman–Crippen LogP) is 3.80. The van der Waals surface area contributed by atoms with E-state index in [0.717, 1.165) is 16.1 Å². The quantitative estimate of drug-likeness (QED) is 0.869. The van der Waals surface area contributed by atoms with Gasteiger partial charge >= 0.3 is 0 Å². The highest BCUT2D eigenvalue weighted by Gasteiger charge is 2.27. The van der Waals surface area contributed by atoms with E-state index in [0.29, 0.717) is 6.04 Å². The fraction of sp³-hybridized carbons (Fsp3) is 0.455. The monoisotopic (exact) mass is 257 g/mol. The standard InChI is InChI=1S/C11H13BrFN/c1-7(8-2-3-8)14-11-5-9(12)4-10(13)6-11/h4-8,14H,2-3H2,1H3. The maximum absolute atomic E-state index is 13.0. The molecule has 3 heteroatoms. The lowest BCUT2D eigenvalue weighted by Gasteiger charge is -2.14. The summed E-state index contributed by atoms with van der Waals surface area (Å²) in [5, 5.41) is 3.32. The first kappa shape index (κ1) is 9.97. The molecule has 76 valence electrons. The molecule has 0 saturated heterocycles. The number of hydrogen-bond donors (Lipinski definition) is 1. The van der Waals surface area contributed by atoms with Crippen LogP contribution in [-0.4, -0.2) is 6.04 Å². The Hall–Kier alpha value is -0.570. The zero-order chi connectivity index (χ0) is 10.1. The molecule has 1 aliphatic rings. The molecule has 14 heavy (non-hydrogen) atoms. The van der Waals surface area contributed by atoms with Gasteiger partial charge in [-0.1, -0.05) is 15.9 Å². The maximum Gasteiger partial charge on any atom is 0.126 e. The van der Waals surface area contributed by atoms with Crippen LogP contribution in [-0.2, 0) is 0 Å². The van der Waals surface area contributed by atoms with Crippen LogP contribution in [0.25, 0.3) is 0 Å². The molecule has 0 heterocycles.